The van der Waals surface area contributed by atoms with E-state index in [1.807, 2.05) is 44.2 Å². The van der Waals surface area contributed by atoms with Crippen molar-refractivity contribution in [2.45, 2.75) is 32.5 Å². The highest BCUT2D eigenvalue weighted by atomic mass is 16.6. The lowest BCUT2D eigenvalue weighted by atomic mass is 9.74. The van der Waals surface area contributed by atoms with Crippen molar-refractivity contribution in [3.63, 3.8) is 0 Å². The van der Waals surface area contributed by atoms with E-state index in [1.165, 1.54) is 4.90 Å². The molecule has 130 valence electrons. The third kappa shape index (κ3) is 3.24. The lowest BCUT2D eigenvalue weighted by Gasteiger charge is -2.26. The van der Waals surface area contributed by atoms with Crippen molar-refractivity contribution >= 4 is 12.1 Å². The molecule has 1 aromatic carbocycles. The molecule has 24 heavy (non-hydrogen) atoms. The zero-order valence-corrected chi connectivity index (χ0v) is 14.0. The molecule has 0 aliphatic carbocycles. The molecular formula is C18H23NO5. The minimum absolute atomic E-state index is 0.169. The van der Waals surface area contributed by atoms with Gasteiger partial charge < -0.3 is 19.5 Å². The Morgan fingerprint density at radius 2 is 2.04 bits per heavy atom. The normalized spacial score (nSPS) is 28.2. The van der Waals surface area contributed by atoms with E-state index in [0.29, 0.717) is 19.6 Å². The summed E-state index contributed by atoms with van der Waals surface area (Å²) in [6, 6.07) is 9.42. The van der Waals surface area contributed by atoms with Crippen LogP contribution in [0.4, 0.5) is 4.79 Å². The van der Waals surface area contributed by atoms with Gasteiger partial charge in [-0.25, -0.2) is 4.79 Å². The molecule has 2 saturated heterocycles. The van der Waals surface area contributed by atoms with E-state index < -0.39 is 23.4 Å². The van der Waals surface area contributed by atoms with Crippen molar-refractivity contribution in [2.24, 2.45) is 11.3 Å². The van der Waals surface area contributed by atoms with Gasteiger partial charge in [0.15, 0.2) is 0 Å². The van der Waals surface area contributed by atoms with Gasteiger partial charge in [-0.2, -0.15) is 0 Å². The largest absolute Gasteiger partial charge is 0.481 e. The number of carbonyl (C=O) groups excluding carboxylic acids is 1. The van der Waals surface area contributed by atoms with Crippen LogP contribution >= 0.6 is 0 Å². The predicted molar refractivity (Wildman–Crippen MR) is 86.4 cm³/mol. The van der Waals surface area contributed by atoms with Gasteiger partial charge in [-0.15, -0.1) is 0 Å². The second-order valence-corrected chi connectivity index (χ2v) is 7.40. The first-order valence-electron chi connectivity index (χ1n) is 8.14. The van der Waals surface area contributed by atoms with Crippen LogP contribution in [-0.4, -0.2) is 47.4 Å². The first-order chi connectivity index (χ1) is 11.3. The number of amides is 1. The van der Waals surface area contributed by atoms with Crippen molar-refractivity contribution < 1.29 is 24.2 Å². The van der Waals surface area contributed by atoms with E-state index in [0.717, 1.165) is 5.56 Å². The van der Waals surface area contributed by atoms with E-state index in [1.54, 1.807) is 0 Å². The first-order valence-corrected chi connectivity index (χ1v) is 8.14. The average Bonchev–Trinajstić information content (AvgIpc) is 3.06. The number of carboxylic acid groups (broad SMARTS) is 1. The molecule has 1 N–H and O–H groups in total. The Bertz CT molecular complexity index is 630. The van der Waals surface area contributed by atoms with Gasteiger partial charge in [-0.05, 0) is 25.8 Å². The highest BCUT2D eigenvalue weighted by molar-refractivity contribution is 5.75. The van der Waals surface area contributed by atoms with E-state index in [2.05, 4.69) is 0 Å². The molecule has 2 aliphatic heterocycles. The maximum Gasteiger partial charge on any atom is 0.410 e. The molecule has 0 radical (unpaired) electrons. The predicted octanol–water partition coefficient (Wildman–Crippen LogP) is 2.52. The Kier molecular flexibility index (Phi) is 4.25. The Morgan fingerprint density at radius 1 is 1.33 bits per heavy atom. The third-order valence-electron chi connectivity index (χ3n) is 4.94. The van der Waals surface area contributed by atoms with E-state index >= 15 is 0 Å². The summed E-state index contributed by atoms with van der Waals surface area (Å²) in [6.07, 6.45) is 0.158. The lowest BCUT2D eigenvalue weighted by molar-refractivity contribution is -0.144. The van der Waals surface area contributed by atoms with Gasteiger partial charge in [-0.3, -0.25) is 4.79 Å². The quantitative estimate of drug-likeness (QED) is 0.920. The standard InChI is InChI=1S/C18H23NO5/c1-17(2)10-18(12-24-17)11-19(8-14(18)15(20)21)16(22)23-9-13-6-4-3-5-7-13/h3-7,14H,8-12H2,1-2H3,(H,20,21). The molecule has 1 spiro atoms. The monoisotopic (exact) mass is 333 g/mol. The lowest BCUT2D eigenvalue weighted by Crippen LogP contribution is -2.36. The molecule has 3 rings (SSSR count). The topological polar surface area (TPSA) is 76.1 Å². The Labute approximate surface area is 141 Å². The molecule has 6 heteroatoms. The van der Waals surface area contributed by atoms with Crippen LogP contribution in [0.3, 0.4) is 0 Å². The molecule has 2 heterocycles. The molecule has 1 amide bonds. The molecule has 2 aliphatic rings. The number of hydrogen-bond acceptors (Lipinski definition) is 4. The molecule has 1 aromatic rings. The zero-order valence-electron chi connectivity index (χ0n) is 14.0. The van der Waals surface area contributed by atoms with Crippen LogP contribution in [0.1, 0.15) is 25.8 Å². The number of hydrogen-bond donors (Lipinski definition) is 1. The minimum Gasteiger partial charge on any atom is -0.481 e. The Balaban J connectivity index is 1.67. The van der Waals surface area contributed by atoms with Crippen molar-refractivity contribution in [3.8, 4) is 0 Å². The van der Waals surface area contributed by atoms with E-state index in [9.17, 15) is 14.7 Å². The number of benzene rings is 1. The first kappa shape index (κ1) is 16.8. The molecule has 0 bridgehead atoms. The second-order valence-electron chi connectivity index (χ2n) is 7.40. The maximum absolute atomic E-state index is 12.4. The highest BCUT2D eigenvalue weighted by Gasteiger charge is 2.57. The number of carboxylic acids is 1. The molecule has 2 atom stereocenters. The summed E-state index contributed by atoms with van der Waals surface area (Å²) in [5.74, 6) is -1.50. The van der Waals surface area contributed by atoms with Gasteiger partial charge in [0.25, 0.3) is 0 Å². The van der Waals surface area contributed by atoms with Crippen LogP contribution in [0.25, 0.3) is 0 Å². The van der Waals surface area contributed by atoms with Crippen LogP contribution in [0.15, 0.2) is 30.3 Å². The molecule has 2 fully saturated rings. The molecule has 6 nitrogen and oxygen atoms in total. The summed E-state index contributed by atoms with van der Waals surface area (Å²) in [4.78, 5) is 25.6. The van der Waals surface area contributed by atoms with Gasteiger partial charge in [0.05, 0.1) is 18.1 Å². The van der Waals surface area contributed by atoms with Crippen LogP contribution in [-0.2, 0) is 20.9 Å². The molecular weight excluding hydrogens is 310 g/mol. The van der Waals surface area contributed by atoms with Gasteiger partial charge >= 0.3 is 12.1 Å². The average molecular weight is 333 g/mol. The molecule has 0 saturated carbocycles. The number of ether oxygens (including phenoxy) is 2. The molecule has 0 aromatic heterocycles. The Morgan fingerprint density at radius 3 is 2.62 bits per heavy atom. The summed E-state index contributed by atoms with van der Waals surface area (Å²) in [7, 11) is 0. The highest BCUT2D eigenvalue weighted by Crippen LogP contribution is 2.49. The van der Waals surface area contributed by atoms with Gasteiger partial charge in [0.2, 0.25) is 0 Å². The van der Waals surface area contributed by atoms with Crippen LogP contribution in [0.2, 0.25) is 0 Å². The van der Waals surface area contributed by atoms with Gasteiger partial charge in [0, 0.05) is 18.5 Å². The minimum atomic E-state index is -0.880. The summed E-state index contributed by atoms with van der Waals surface area (Å²) < 4.78 is 11.1. The smallest absolute Gasteiger partial charge is 0.410 e. The fourth-order valence-corrected chi connectivity index (χ4v) is 3.87. The van der Waals surface area contributed by atoms with Crippen molar-refractivity contribution in [3.05, 3.63) is 35.9 Å². The van der Waals surface area contributed by atoms with Crippen LogP contribution in [0.5, 0.6) is 0 Å². The number of likely N-dealkylation sites (tertiary alicyclic amines) is 1. The van der Waals surface area contributed by atoms with Crippen molar-refractivity contribution in [1.82, 2.24) is 4.90 Å². The summed E-state index contributed by atoms with van der Waals surface area (Å²) in [6.45, 7) is 4.99. The van der Waals surface area contributed by atoms with Crippen LogP contribution < -0.4 is 0 Å². The van der Waals surface area contributed by atoms with Crippen molar-refractivity contribution in [2.75, 3.05) is 19.7 Å². The summed E-state index contributed by atoms with van der Waals surface area (Å²) in [5.41, 5.74) is 0.0125. The molecule has 2 unspecified atom stereocenters. The van der Waals surface area contributed by atoms with Crippen molar-refractivity contribution in [1.29, 1.82) is 0 Å². The Hall–Kier alpha value is -2.08. The summed E-state index contributed by atoms with van der Waals surface area (Å²) in [5, 5.41) is 9.58. The van der Waals surface area contributed by atoms with E-state index in [-0.39, 0.29) is 18.8 Å². The summed E-state index contributed by atoms with van der Waals surface area (Å²) >= 11 is 0. The number of carbonyl (C=O) groups is 2. The number of nitrogens with zero attached hydrogens (tertiary/aromatic N) is 1. The second kappa shape index (κ2) is 6.09. The third-order valence-corrected chi connectivity index (χ3v) is 4.94. The fraction of sp³-hybridized carbons (Fsp3) is 0.556. The van der Waals surface area contributed by atoms with Gasteiger partial charge in [0.1, 0.15) is 6.61 Å². The number of rotatable bonds is 3. The van der Waals surface area contributed by atoms with Crippen LogP contribution in [0, 0.1) is 11.3 Å². The SMILES string of the molecule is CC1(C)CC2(CO1)CN(C(=O)OCc1ccccc1)CC2C(=O)O. The number of aliphatic carboxylic acids is 1. The fourth-order valence-electron chi connectivity index (χ4n) is 3.87. The van der Waals surface area contributed by atoms with Gasteiger partial charge in [-0.1, -0.05) is 30.3 Å². The maximum atomic E-state index is 12.4. The van der Waals surface area contributed by atoms with E-state index in [4.69, 9.17) is 9.47 Å². The zero-order chi connectivity index (χ0) is 17.4.